The Labute approximate surface area is 119 Å². The van der Waals surface area contributed by atoms with Gasteiger partial charge in [-0.25, -0.2) is 4.79 Å². The van der Waals surface area contributed by atoms with Crippen molar-refractivity contribution >= 4 is 44.4 Å². The number of nitrogens with one attached hydrogen (secondary N) is 1. The molecule has 1 N–H and O–H groups in total. The second-order valence-electron chi connectivity index (χ2n) is 4.51. The summed E-state index contributed by atoms with van der Waals surface area (Å²) in [5.41, 5.74) is 1.35. The largest absolute Gasteiger partial charge is 0.462 e. The van der Waals surface area contributed by atoms with Gasteiger partial charge in [-0.05, 0) is 34.0 Å². The number of ether oxygens (including phenoxy) is 1. The van der Waals surface area contributed by atoms with Crippen LogP contribution in [0.4, 0.5) is 0 Å². The van der Waals surface area contributed by atoms with Crippen molar-refractivity contribution in [1.82, 2.24) is 4.98 Å². The molecule has 0 spiro atoms. The van der Waals surface area contributed by atoms with Crippen LogP contribution in [0.3, 0.4) is 0 Å². The minimum Gasteiger partial charge on any atom is -0.462 e. The van der Waals surface area contributed by atoms with Gasteiger partial charge >= 0.3 is 5.97 Å². The number of halogens is 2. The monoisotopic (exact) mass is 329 g/mol. The molecule has 3 nitrogen and oxygen atoms in total. The number of carbonyl (C=O) groups is 1. The van der Waals surface area contributed by atoms with Crippen LogP contribution in [0.1, 0.15) is 24.2 Å². The third-order valence-electron chi connectivity index (χ3n) is 2.49. The van der Waals surface area contributed by atoms with Crippen molar-refractivity contribution < 1.29 is 9.53 Å². The van der Waals surface area contributed by atoms with Crippen LogP contribution < -0.4 is 0 Å². The van der Waals surface area contributed by atoms with Crippen molar-refractivity contribution in [3.05, 3.63) is 33.4 Å². The van der Waals surface area contributed by atoms with Gasteiger partial charge in [0.2, 0.25) is 0 Å². The summed E-state index contributed by atoms with van der Waals surface area (Å²) in [7, 11) is 0. The Hall–Kier alpha value is -1.000. The van der Waals surface area contributed by atoms with Crippen LogP contribution >= 0.6 is 27.5 Å². The number of carbonyl (C=O) groups excluding carboxylic acids is 1. The maximum absolute atomic E-state index is 11.9. The molecule has 0 aliphatic rings. The van der Waals surface area contributed by atoms with Crippen molar-refractivity contribution in [3.63, 3.8) is 0 Å². The Bertz CT molecular complexity index is 592. The number of H-pyrrole nitrogens is 1. The molecule has 0 radical (unpaired) electrons. The summed E-state index contributed by atoms with van der Waals surface area (Å²) < 4.78 is 5.98. The van der Waals surface area contributed by atoms with Crippen LogP contribution in [0.2, 0.25) is 5.02 Å². The molecular weight excluding hydrogens is 318 g/mol. The highest BCUT2D eigenvalue weighted by Crippen LogP contribution is 2.30. The molecule has 1 aromatic heterocycles. The van der Waals surface area contributed by atoms with Crippen LogP contribution in [0, 0.1) is 5.92 Å². The topological polar surface area (TPSA) is 42.1 Å². The molecule has 0 fully saturated rings. The molecule has 0 saturated heterocycles. The molecule has 0 atom stereocenters. The van der Waals surface area contributed by atoms with Crippen molar-refractivity contribution in [1.29, 1.82) is 0 Å². The van der Waals surface area contributed by atoms with Crippen LogP contribution in [0.25, 0.3) is 10.9 Å². The molecule has 2 rings (SSSR count). The molecule has 1 aromatic carbocycles. The molecule has 0 aliphatic carbocycles. The van der Waals surface area contributed by atoms with Gasteiger partial charge < -0.3 is 9.72 Å². The molecule has 2 aromatic rings. The zero-order valence-electron chi connectivity index (χ0n) is 10.1. The van der Waals surface area contributed by atoms with Gasteiger partial charge in [-0.2, -0.15) is 0 Å². The first-order valence-corrected chi connectivity index (χ1v) is 6.79. The average molecular weight is 331 g/mol. The van der Waals surface area contributed by atoms with E-state index in [4.69, 9.17) is 16.3 Å². The van der Waals surface area contributed by atoms with E-state index in [2.05, 4.69) is 20.9 Å². The van der Waals surface area contributed by atoms with Crippen molar-refractivity contribution in [3.8, 4) is 0 Å². The molecule has 0 bridgehead atoms. The fourth-order valence-electron chi connectivity index (χ4n) is 1.61. The fourth-order valence-corrected chi connectivity index (χ4v) is 2.11. The van der Waals surface area contributed by atoms with E-state index >= 15 is 0 Å². The lowest BCUT2D eigenvalue weighted by atomic mass is 10.2. The van der Waals surface area contributed by atoms with E-state index in [0.717, 1.165) is 15.4 Å². The van der Waals surface area contributed by atoms with E-state index in [1.807, 2.05) is 19.9 Å². The summed E-state index contributed by atoms with van der Waals surface area (Å²) >= 11 is 9.34. The molecule has 0 aliphatic heterocycles. The van der Waals surface area contributed by atoms with Crippen LogP contribution in [-0.2, 0) is 4.74 Å². The maximum atomic E-state index is 11.9. The predicted octanol–water partition coefficient (Wildman–Crippen LogP) is 4.40. The van der Waals surface area contributed by atoms with E-state index in [-0.39, 0.29) is 5.97 Å². The van der Waals surface area contributed by atoms with Crippen molar-refractivity contribution in [2.24, 2.45) is 5.92 Å². The highest BCUT2D eigenvalue weighted by Gasteiger charge is 2.15. The van der Waals surface area contributed by atoms with Crippen LogP contribution in [-0.4, -0.2) is 17.6 Å². The highest BCUT2D eigenvalue weighted by atomic mass is 79.9. The second-order valence-corrected chi connectivity index (χ2v) is 5.77. The molecule has 5 heteroatoms. The Kier molecular flexibility index (Phi) is 3.97. The normalized spacial score (nSPS) is 11.2. The zero-order valence-corrected chi connectivity index (χ0v) is 12.4. The Morgan fingerprint density at radius 3 is 2.89 bits per heavy atom. The smallest absolute Gasteiger partial charge is 0.340 e. The molecule has 1 heterocycles. The Morgan fingerprint density at radius 1 is 1.50 bits per heavy atom. The van der Waals surface area contributed by atoms with Crippen LogP contribution in [0.5, 0.6) is 0 Å². The summed E-state index contributed by atoms with van der Waals surface area (Å²) in [5, 5.41) is 1.41. The molecule has 0 amide bonds. The van der Waals surface area contributed by atoms with Gasteiger partial charge in [0, 0.05) is 21.6 Å². The molecule has 0 unspecified atom stereocenters. The Morgan fingerprint density at radius 2 is 2.22 bits per heavy atom. The lowest BCUT2D eigenvalue weighted by Gasteiger charge is -2.06. The molecule has 96 valence electrons. The SMILES string of the molecule is CC(C)COC(=O)c1c[nH]c2cc(Cl)c(Br)cc12. The number of aromatic amines is 1. The average Bonchev–Trinajstić information content (AvgIpc) is 2.69. The molecule has 18 heavy (non-hydrogen) atoms. The fraction of sp³-hybridized carbons (Fsp3) is 0.308. The van der Waals surface area contributed by atoms with E-state index in [9.17, 15) is 4.79 Å². The number of hydrogen-bond acceptors (Lipinski definition) is 2. The first-order valence-electron chi connectivity index (χ1n) is 5.62. The van der Waals surface area contributed by atoms with Gasteiger partial charge in [0.05, 0.1) is 17.2 Å². The van der Waals surface area contributed by atoms with Gasteiger partial charge in [0.25, 0.3) is 0 Å². The zero-order chi connectivity index (χ0) is 13.3. The second kappa shape index (κ2) is 5.33. The number of esters is 1. The standard InChI is InChI=1S/C13H13BrClNO2/c1-7(2)6-18-13(17)9-5-16-12-4-11(15)10(14)3-8(9)12/h3-5,7,16H,6H2,1-2H3. The van der Waals surface area contributed by atoms with E-state index < -0.39 is 0 Å². The number of fused-ring (bicyclic) bond motifs is 1. The number of aromatic nitrogens is 1. The minimum atomic E-state index is -0.316. The van der Waals surface area contributed by atoms with Gasteiger partial charge in [-0.3, -0.25) is 0 Å². The number of rotatable bonds is 3. The summed E-state index contributed by atoms with van der Waals surface area (Å²) in [6, 6.07) is 3.60. The third kappa shape index (κ3) is 2.70. The molecular formula is C13H13BrClNO2. The lowest BCUT2D eigenvalue weighted by molar-refractivity contribution is 0.0461. The van der Waals surface area contributed by atoms with Crippen molar-refractivity contribution in [2.45, 2.75) is 13.8 Å². The van der Waals surface area contributed by atoms with E-state index in [0.29, 0.717) is 23.1 Å². The quantitative estimate of drug-likeness (QED) is 0.848. The summed E-state index contributed by atoms with van der Waals surface area (Å²) in [4.78, 5) is 14.9. The van der Waals surface area contributed by atoms with Gasteiger partial charge in [-0.1, -0.05) is 25.4 Å². The predicted molar refractivity (Wildman–Crippen MR) is 76.1 cm³/mol. The van der Waals surface area contributed by atoms with E-state index in [1.165, 1.54) is 0 Å². The van der Waals surface area contributed by atoms with Crippen LogP contribution in [0.15, 0.2) is 22.8 Å². The number of hydrogen-bond donors (Lipinski definition) is 1. The third-order valence-corrected chi connectivity index (χ3v) is 3.69. The van der Waals surface area contributed by atoms with E-state index in [1.54, 1.807) is 12.3 Å². The first-order chi connectivity index (χ1) is 8.49. The van der Waals surface area contributed by atoms with Gasteiger partial charge in [0.15, 0.2) is 0 Å². The highest BCUT2D eigenvalue weighted by molar-refractivity contribution is 9.10. The van der Waals surface area contributed by atoms with Crippen molar-refractivity contribution in [2.75, 3.05) is 6.61 Å². The Balaban J connectivity index is 2.34. The summed E-state index contributed by atoms with van der Waals surface area (Å²) in [6.07, 6.45) is 1.65. The summed E-state index contributed by atoms with van der Waals surface area (Å²) in [6.45, 7) is 4.41. The lowest BCUT2D eigenvalue weighted by Crippen LogP contribution is -2.09. The minimum absolute atomic E-state index is 0.316. The van der Waals surface area contributed by atoms with Gasteiger partial charge in [-0.15, -0.1) is 0 Å². The summed E-state index contributed by atoms with van der Waals surface area (Å²) in [5.74, 6) is 0.00418. The first kappa shape index (κ1) is 13.4. The molecule has 0 saturated carbocycles. The maximum Gasteiger partial charge on any atom is 0.340 e. The number of benzene rings is 1. The van der Waals surface area contributed by atoms with Gasteiger partial charge in [0.1, 0.15) is 0 Å².